The zero-order valence-corrected chi connectivity index (χ0v) is 16.5. The van der Waals surface area contributed by atoms with Crippen molar-refractivity contribution in [1.29, 1.82) is 0 Å². The highest BCUT2D eigenvalue weighted by Crippen LogP contribution is 2.47. The van der Waals surface area contributed by atoms with E-state index in [-0.39, 0.29) is 5.82 Å². The minimum atomic E-state index is -1.39. The van der Waals surface area contributed by atoms with Gasteiger partial charge in [-0.25, -0.2) is 23.8 Å². The van der Waals surface area contributed by atoms with Crippen LogP contribution >= 0.6 is 0 Å². The predicted molar refractivity (Wildman–Crippen MR) is 110 cm³/mol. The fourth-order valence-electron chi connectivity index (χ4n) is 4.84. The van der Waals surface area contributed by atoms with Crippen molar-refractivity contribution in [3.8, 4) is 17.3 Å². The molecule has 1 N–H and O–H groups in total. The van der Waals surface area contributed by atoms with Crippen molar-refractivity contribution < 1.29 is 5.11 Å². The molecule has 10 nitrogen and oxygen atoms in total. The molecule has 0 amide bonds. The molecular formula is C21H19N7O3. The van der Waals surface area contributed by atoms with Gasteiger partial charge in [0.15, 0.2) is 11.6 Å². The van der Waals surface area contributed by atoms with Gasteiger partial charge < -0.3 is 5.11 Å². The maximum Gasteiger partial charge on any atom is 0.358 e. The van der Waals surface area contributed by atoms with Crippen LogP contribution in [0.3, 0.4) is 0 Å². The first-order valence-corrected chi connectivity index (χ1v) is 10.2. The fraction of sp³-hybridized carbons (Fsp3) is 0.286. The lowest BCUT2D eigenvalue weighted by Gasteiger charge is -2.42. The molecule has 156 valence electrons. The first kappa shape index (κ1) is 18.0. The number of rotatable bonds is 2. The number of aliphatic hydroxyl groups is 1. The van der Waals surface area contributed by atoms with Gasteiger partial charge in [-0.15, -0.1) is 5.10 Å². The second-order valence-electron chi connectivity index (χ2n) is 7.94. The average Bonchev–Trinajstić information content (AvgIpc) is 3.35. The summed E-state index contributed by atoms with van der Waals surface area (Å²) >= 11 is 0. The smallest absolute Gasteiger partial charge is 0.358 e. The number of benzene rings is 1. The Bertz CT molecular complexity index is 1400. The summed E-state index contributed by atoms with van der Waals surface area (Å²) < 4.78 is 5.20. The number of hydrogen-bond acceptors (Lipinski definition) is 6. The maximum atomic E-state index is 13.6. The van der Waals surface area contributed by atoms with E-state index >= 15 is 0 Å². The molecule has 4 heterocycles. The molecule has 1 saturated carbocycles. The van der Waals surface area contributed by atoms with E-state index in [0.717, 1.165) is 17.4 Å². The Morgan fingerprint density at radius 2 is 1.81 bits per heavy atom. The van der Waals surface area contributed by atoms with Gasteiger partial charge in [-0.1, -0.05) is 42.3 Å². The Morgan fingerprint density at radius 1 is 1.00 bits per heavy atom. The molecule has 0 saturated heterocycles. The zero-order valence-electron chi connectivity index (χ0n) is 16.5. The minimum absolute atomic E-state index is 0.246. The Balaban J connectivity index is 1.72. The Labute approximate surface area is 175 Å². The standard InChI is InChI=1S/C21H19N7O3/c29-19-25(14-8-2-1-3-9-14)20(30)28-18-17(21(31)12-6-4-10-15(21)27(19)28)23-24-26(18)16-11-5-7-13-22-16/h1-3,5,7-9,11,13,15,31H,4,6,10,12H2. The number of aromatic nitrogens is 7. The van der Waals surface area contributed by atoms with Gasteiger partial charge in [0.2, 0.25) is 0 Å². The van der Waals surface area contributed by atoms with Crippen LogP contribution in [0.2, 0.25) is 0 Å². The normalized spacial score (nSPS) is 21.9. The molecule has 0 spiro atoms. The molecule has 0 bridgehead atoms. The van der Waals surface area contributed by atoms with E-state index in [0.29, 0.717) is 30.0 Å². The third kappa shape index (κ3) is 2.33. The van der Waals surface area contributed by atoms with Gasteiger partial charge in [0.05, 0.1) is 11.7 Å². The first-order valence-electron chi connectivity index (χ1n) is 10.2. The Morgan fingerprint density at radius 3 is 2.58 bits per heavy atom. The summed E-state index contributed by atoms with van der Waals surface area (Å²) in [6, 6.07) is 13.5. The first-order chi connectivity index (χ1) is 15.1. The molecule has 1 fully saturated rings. The molecule has 1 aromatic carbocycles. The van der Waals surface area contributed by atoms with Crippen LogP contribution in [-0.4, -0.2) is 39.0 Å². The van der Waals surface area contributed by atoms with Gasteiger partial charge in [-0.3, -0.25) is 0 Å². The summed E-state index contributed by atoms with van der Waals surface area (Å²) in [5.74, 6) is 0.684. The lowest BCUT2D eigenvalue weighted by atomic mass is 9.77. The summed E-state index contributed by atoms with van der Waals surface area (Å²) in [7, 11) is 0. The van der Waals surface area contributed by atoms with Crippen LogP contribution < -0.4 is 11.4 Å². The lowest BCUT2D eigenvalue weighted by Crippen LogP contribution is -2.50. The van der Waals surface area contributed by atoms with E-state index in [4.69, 9.17) is 0 Å². The molecular weight excluding hydrogens is 398 g/mol. The zero-order chi connectivity index (χ0) is 21.2. The van der Waals surface area contributed by atoms with Crippen LogP contribution in [0.25, 0.3) is 17.3 Å². The number of hydrogen-bond donors (Lipinski definition) is 1. The molecule has 2 aliphatic rings. The van der Waals surface area contributed by atoms with E-state index in [1.165, 1.54) is 14.0 Å². The van der Waals surface area contributed by atoms with E-state index in [1.54, 1.807) is 48.7 Å². The number of nitrogens with zero attached hydrogens (tertiary/aromatic N) is 7. The Hall–Kier alpha value is -3.79. The quantitative estimate of drug-likeness (QED) is 0.522. The number of pyridine rings is 1. The van der Waals surface area contributed by atoms with Gasteiger partial charge in [-0.05, 0) is 37.1 Å². The molecule has 3 aromatic heterocycles. The second-order valence-corrected chi connectivity index (χ2v) is 7.94. The monoisotopic (exact) mass is 417 g/mol. The third-order valence-electron chi connectivity index (χ3n) is 6.25. The molecule has 31 heavy (non-hydrogen) atoms. The van der Waals surface area contributed by atoms with Crippen molar-refractivity contribution in [2.75, 3.05) is 0 Å². The van der Waals surface area contributed by atoms with Crippen LogP contribution in [0.4, 0.5) is 0 Å². The van der Waals surface area contributed by atoms with Crippen LogP contribution in [-0.2, 0) is 5.60 Å². The molecule has 1 aliphatic heterocycles. The van der Waals surface area contributed by atoms with Crippen molar-refractivity contribution in [3.63, 3.8) is 0 Å². The summed E-state index contributed by atoms with van der Waals surface area (Å²) in [5.41, 5.74) is -1.66. The van der Waals surface area contributed by atoms with Gasteiger partial charge in [0, 0.05) is 6.20 Å². The third-order valence-corrected chi connectivity index (χ3v) is 6.25. The topological polar surface area (TPSA) is 113 Å². The van der Waals surface area contributed by atoms with Gasteiger partial charge >= 0.3 is 11.4 Å². The fourth-order valence-corrected chi connectivity index (χ4v) is 4.84. The summed E-state index contributed by atoms with van der Waals surface area (Å²) in [6.07, 6.45) is 4.23. The molecule has 4 aromatic rings. The molecule has 10 heteroatoms. The summed E-state index contributed by atoms with van der Waals surface area (Å²) in [6.45, 7) is 0. The van der Waals surface area contributed by atoms with Crippen molar-refractivity contribution in [2.24, 2.45) is 0 Å². The SMILES string of the molecule is O=c1n(-c2ccccc2)c(=O)n2n1-c1c(nnn1-c1ccccn1)C1(O)CCCCC21. The van der Waals surface area contributed by atoms with Crippen LogP contribution in [0.1, 0.15) is 37.4 Å². The van der Waals surface area contributed by atoms with E-state index < -0.39 is 23.0 Å². The van der Waals surface area contributed by atoms with E-state index in [9.17, 15) is 14.7 Å². The molecule has 6 rings (SSSR count). The van der Waals surface area contributed by atoms with E-state index in [2.05, 4.69) is 15.3 Å². The van der Waals surface area contributed by atoms with Crippen LogP contribution in [0.5, 0.6) is 0 Å². The Kier molecular flexibility index (Phi) is 3.69. The predicted octanol–water partition coefficient (Wildman–Crippen LogP) is 1.08. The highest BCUT2D eigenvalue weighted by molar-refractivity contribution is 5.42. The number of para-hydroxylation sites is 1. The minimum Gasteiger partial charge on any atom is -0.381 e. The molecule has 0 radical (unpaired) electrons. The van der Waals surface area contributed by atoms with Gasteiger partial charge in [0.25, 0.3) is 0 Å². The van der Waals surface area contributed by atoms with Crippen molar-refractivity contribution in [3.05, 3.63) is 81.4 Å². The number of fused-ring (bicyclic) bond motifs is 6. The largest absolute Gasteiger partial charge is 0.381 e. The average molecular weight is 417 g/mol. The van der Waals surface area contributed by atoms with Crippen molar-refractivity contribution >= 4 is 0 Å². The van der Waals surface area contributed by atoms with Crippen molar-refractivity contribution in [2.45, 2.75) is 37.3 Å². The molecule has 2 atom stereocenters. The summed E-state index contributed by atoms with van der Waals surface area (Å²) in [4.78, 5) is 31.4. The van der Waals surface area contributed by atoms with Gasteiger partial charge in [-0.2, -0.15) is 9.36 Å². The maximum absolute atomic E-state index is 13.6. The molecule has 1 aliphatic carbocycles. The highest BCUT2D eigenvalue weighted by atomic mass is 16.3. The van der Waals surface area contributed by atoms with Crippen LogP contribution in [0.15, 0.2) is 64.3 Å². The molecule has 2 unspecified atom stereocenters. The summed E-state index contributed by atoms with van der Waals surface area (Å²) in [5, 5.41) is 20.2. The van der Waals surface area contributed by atoms with Gasteiger partial charge in [0.1, 0.15) is 11.3 Å². The van der Waals surface area contributed by atoms with Crippen molar-refractivity contribution in [1.82, 2.24) is 33.9 Å². The second kappa shape index (κ2) is 6.35. The lowest BCUT2D eigenvalue weighted by molar-refractivity contribution is -0.0658. The van der Waals surface area contributed by atoms with Crippen LogP contribution in [0, 0.1) is 0 Å². The highest BCUT2D eigenvalue weighted by Gasteiger charge is 2.52. The van der Waals surface area contributed by atoms with E-state index in [1.807, 2.05) is 6.07 Å².